The van der Waals surface area contributed by atoms with E-state index in [2.05, 4.69) is 5.32 Å². The first-order chi connectivity index (χ1) is 10.1. The number of hydrogen-bond acceptors (Lipinski definition) is 1. The zero-order valence-electron chi connectivity index (χ0n) is 11.9. The van der Waals surface area contributed by atoms with Gasteiger partial charge in [-0.2, -0.15) is 0 Å². The molecule has 2 aromatic carbocycles. The Labute approximate surface area is 135 Å². The normalized spacial score (nSPS) is 12.4. The highest BCUT2D eigenvalue weighted by Gasteiger charge is 2.13. The quantitative estimate of drug-likeness (QED) is 0.807. The summed E-state index contributed by atoms with van der Waals surface area (Å²) in [7, 11) is 1.93. The van der Waals surface area contributed by atoms with Crippen LogP contribution in [0.1, 0.15) is 11.1 Å². The lowest BCUT2D eigenvalue weighted by Gasteiger charge is -2.17. The maximum absolute atomic E-state index is 13.1. The molecule has 4 heteroatoms. The van der Waals surface area contributed by atoms with E-state index >= 15 is 0 Å². The van der Waals surface area contributed by atoms with Gasteiger partial charge in [-0.3, -0.25) is 0 Å². The Hall–Kier alpha value is -1.09. The van der Waals surface area contributed by atoms with E-state index in [1.807, 2.05) is 31.3 Å². The lowest BCUT2D eigenvalue weighted by atomic mass is 9.92. The van der Waals surface area contributed by atoms with E-state index in [-0.39, 0.29) is 5.82 Å². The minimum absolute atomic E-state index is 0.299. The van der Waals surface area contributed by atoms with Crippen molar-refractivity contribution in [2.24, 2.45) is 5.92 Å². The van der Waals surface area contributed by atoms with Crippen LogP contribution in [0.25, 0.3) is 0 Å². The van der Waals surface area contributed by atoms with Crippen molar-refractivity contribution in [3.05, 3.63) is 69.5 Å². The van der Waals surface area contributed by atoms with E-state index in [1.165, 1.54) is 17.7 Å². The Kier molecular flexibility index (Phi) is 6.04. The summed E-state index contributed by atoms with van der Waals surface area (Å²) in [6.07, 6.45) is 1.73. The second-order valence-corrected chi connectivity index (χ2v) is 6.04. The maximum Gasteiger partial charge on any atom is 0.124 e. The molecule has 1 nitrogen and oxygen atoms in total. The van der Waals surface area contributed by atoms with Crippen LogP contribution in [0.5, 0.6) is 0 Å². The summed E-state index contributed by atoms with van der Waals surface area (Å²) in [4.78, 5) is 0. The van der Waals surface area contributed by atoms with Gasteiger partial charge in [0.2, 0.25) is 0 Å². The van der Waals surface area contributed by atoms with Gasteiger partial charge in [-0.05, 0) is 67.7 Å². The van der Waals surface area contributed by atoms with Crippen molar-refractivity contribution in [2.45, 2.75) is 12.8 Å². The van der Waals surface area contributed by atoms with Gasteiger partial charge in [-0.1, -0.05) is 41.4 Å². The largest absolute Gasteiger partial charge is 0.319 e. The van der Waals surface area contributed by atoms with Crippen molar-refractivity contribution >= 4 is 23.2 Å². The lowest BCUT2D eigenvalue weighted by molar-refractivity contribution is 0.493. The van der Waals surface area contributed by atoms with Gasteiger partial charge in [0, 0.05) is 10.0 Å². The summed E-state index contributed by atoms with van der Waals surface area (Å²) in [6.45, 7) is 0.871. The molecule has 2 aromatic rings. The summed E-state index contributed by atoms with van der Waals surface area (Å²) < 4.78 is 13.1. The summed E-state index contributed by atoms with van der Waals surface area (Å²) in [5, 5.41) is 4.44. The van der Waals surface area contributed by atoms with Crippen molar-refractivity contribution in [1.29, 1.82) is 0 Å². The van der Waals surface area contributed by atoms with Crippen LogP contribution in [0.3, 0.4) is 0 Å². The summed E-state index contributed by atoms with van der Waals surface area (Å²) in [6, 6.07) is 12.5. The molecule has 0 spiro atoms. The van der Waals surface area contributed by atoms with E-state index in [0.29, 0.717) is 10.9 Å². The van der Waals surface area contributed by atoms with Crippen LogP contribution in [0.15, 0.2) is 42.5 Å². The van der Waals surface area contributed by atoms with E-state index in [4.69, 9.17) is 23.2 Å². The smallest absolute Gasteiger partial charge is 0.124 e. The molecule has 0 aliphatic carbocycles. The number of hydrogen-bond donors (Lipinski definition) is 1. The highest BCUT2D eigenvalue weighted by atomic mass is 35.5. The molecule has 0 saturated heterocycles. The zero-order chi connectivity index (χ0) is 15.2. The third kappa shape index (κ3) is 4.99. The van der Waals surface area contributed by atoms with Crippen LogP contribution >= 0.6 is 23.2 Å². The van der Waals surface area contributed by atoms with Crippen LogP contribution in [0.4, 0.5) is 4.39 Å². The van der Waals surface area contributed by atoms with Crippen molar-refractivity contribution in [2.75, 3.05) is 13.6 Å². The fourth-order valence-electron chi connectivity index (χ4n) is 2.46. The fraction of sp³-hybridized carbons (Fsp3) is 0.294. The van der Waals surface area contributed by atoms with Crippen LogP contribution < -0.4 is 5.32 Å². The first-order valence-electron chi connectivity index (χ1n) is 6.91. The van der Waals surface area contributed by atoms with Gasteiger partial charge in [0.1, 0.15) is 5.82 Å². The monoisotopic (exact) mass is 325 g/mol. The molecule has 0 fully saturated rings. The van der Waals surface area contributed by atoms with Gasteiger partial charge in [-0.25, -0.2) is 4.39 Å². The molecule has 0 radical (unpaired) electrons. The summed E-state index contributed by atoms with van der Waals surface area (Å²) in [5.41, 5.74) is 2.21. The lowest BCUT2D eigenvalue weighted by Crippen LogP contribution is -2.23. The first kappa shape index (κ1) is 16.3. The highest BCUT2D eigenvalue weighted by Crippen LogP contribution is 2.22. The van der Waals surface area contributed by atoms with Gasteiger partial charge in [0.15, 0.2) is 0 Å². The Morgan fingerprint density at radius 1 is 1.05 bits per heavy atom. The predicted octanol–water partition coefficient (Wildman–Crippen LogP) is 4.75. The first-order valence-corrected chi connectivity index (χ1v) is 7.67. The third-order valence-corrected chi connectivity index (χ3v) is 4.06. The minimum atomic E-state index is -0.299. The van der Waals surface area contributed by atoms with Gasteiger partial charge >= 0.3 is 0 Å². The molecule has 0 bridgehead atoms. The topological polar surface area (TPSA) is 12.0 Å². The molecular formula is C17H18Cl2FN. The molecule has 1 atom stereocenters. The average Bonchev–Trinajstić information content (AvgIpc) is 2.44. The molecule has 0 saturated carbocycles. The third-order valence-electron chi connectivity index (χ3n) is 3.45. The average molecular weight is 326 g/mol. The van der Waals surface area contributed by atoms with Crippen molar-refractivity contribution < 1.29 is 4.39 Å². The maximum atomic E-state index is 13.1. The Balaban J connectivity index is 2.09. The van der Waals surface area contributed by atoms with E-state index in [0.717, 1.165) is 30.0 Å². The van der Waals surface area contributed by atoms with Crippen LogP contribution in [0, 0.1) is 11.7 Å². The highest BCUT2D eigenvalue weighted by molar-refractivity contribution is 6.31. The minimum Gasteiger partial charge on any atom is -0.319 e. The van der Waals surface area contributed by atoms with Crippen LogP contribution in [-0.4, -0.2) is 13.6 Å². The van der Waals surface area contributed by atoms with Crippen LogP contribution in [0.2, 0.25) is 10.0 Å². The van der Waals surface area contributed by atoms with E-state index in [1.54, 1.807) is 6.07 Å². The molecule has 2 rings (SSSR count). The second-order valence-electron chi connectivity index (χ2n) is 5.19. The number of benzene rings is 2. The molecule has 0 aliphatic heterocycles. The molecule has 0 amide bonds. The molecule has 1 unspecified atom stereocenters. The molecular weight excluding hydrogens is 308 g/mol. The van der Waals surface area contributed by atoms with Crippen molar-refractivity contribution in [3.8, 4) is 0 Å². The molecule has 21 heavy (non-hydrogen) atoms. The molecule has 0 aliphatic rings. The number of rotatable bonds is 6. The van der Waals surface area contributed by atoms with Gasteiger partial charge < -0.3 is 5.32 Å². The van der Waals surface area contributed by atoms with Gasteiger partial charge in [0.25, 0.3) is 0 Å². The Bertz CT molecular complexity index is 584. The molecule has 0 heterocycles. The zero-order valence-corrected chi connectivity index (χ0v) is 13.4. The molecule has 0 aromatic heterocycles. The summed E-state index contributed by atoms with van der Waals surface area (Å²) >= 11 is 12.0. The second kappa shape index (κ2) is 7.79. The fourth-order valence-corrected chi connectivity index (χ4v) is 2.83. The summed E-state index contributed by atoms with van der Waals surface area (Å²) in [5.74, 6) is 0.0887. The Morgan fingerprint density at radius 2 is 1.76 bits per heavy atom. The number of halogens is 3. The predicted molar refractivity (Wildman–Crippen MR) is 87.7 cm³/mol. The SMILES string of the molecule is CNCC(Cc1ccc(Cl)cc1)Cc1ccc(F)cc1Cl. The van der Waals surface area contributed by atoms with Crippen molar-refractivity contribution in [3.63, 3.8) is 0 Å². The van der Waals surface area contributed by atoms with Gasteiger partial charge in [-0.15, -0.1) is 0 Å². The van der Waals surface area contributed by atoms with Gasteiger partial charge in [0.05, 0.1) is 0 Å². The van der Waals surface area contributed by atoms with E-state index in [9.17, 15) is 4.39 Å². The van der Waals surface area contributed by atoms with Crippen LogP contribution in [-0.2, 0) is 12.8 Å². The number of nitrogens with one attached hydrogen (secondary N) is 1. The standard InChI is InChI=1S/C17H18Cl2FN/c1-21-11-13(8-12-2-5-15(18)6-3-12)9-14-4-7-16(20)10-17(14)19/h2-7,10,13,21H,8-9,11H2,1H3. The molecule has 1 N–H and O–H groups in total. The van der Waals surface area contributed by atoms with Crippen molar-refractivity contribution in [1.82, 2.24) is 5.32 Å². The van der Waals surface area contributed by atoms with E-state index < -0.39 is 0 Å². The Morgan fingerprint density at radius 3 is 2.38 bits per heavy atom. The molecule has 112 valence electrons.